The van der Waals surface area contributed by atoms with Gasteiger partial charge in [0.1, 0.15) is 0 Å². The highest BCUT2D eigenvalue weighted by Crippen LogP contribution is 2.23. The maximum Gasteiger partial charge on any atom is 0.191 e. The van der Waals surface area contributed by atoms with E-state index in [0.29, 0.717) is 0 Å². The van der Waals surface area contributed by atoms with Gasteiger partial charge in [0.05, 0.1) is 10.7 Å². The summed E-state index contributed by atoms with van der Waals surface area (Å²) in [7, 11) is 1.82. The molecule has 2 heterocycles. The molecule has 0 bridgehead atoms. The molecule has 5 nitrogen and oxygen atoms in total. The first kappa shape index (κ1) is 21.8. The van der Waals surface area contributed by atoms with Crippen molar-refractivity contribution in [2.24, 2.45) is 16.8 Å². The number of hydrogen-bond donors (Lipinski definition) is 2. The number of rotatable bonds is 7. The van der Waals surface area contributed by atoms with E-state index in [4.69, 9.17) is 0 Å². The minimum absolute atomic E-state index is 0.782. The van der Waals surface area contributed by atoms with Gasteiger partial charge < -0.3 is 10.6 Å². The highest BCUT2D eigenvalue weighted by molar-refractivity contribution is 7.09. The third-order valence-electron chi connectivity index (χ3n) is 5.47. The van der Waals surface area contributed by atoms with E-state index < -0.39 is 0 Å². The quantitative estimate of drug-likeness (QED) is 0.535. The number of piperidine rings is 1. The fourth-order valence-corrected chi connectivity index (χ4v) is 4.92. The van der Waals surface area contributed by atoms with E-state index >= 15 is 0 Å². The van der Waals surface area contributed by atoms with Crippen molar-refractivity contribution >= 4 is 17.3 Å². The van der Waals surface area contributed by atoms with Gasteiger partial charge in [0.15, 0.2) is 5.96 Å². The molecular formula is C23H35N5S. The minimum Gasteiger partial charge on any atom is -0.356 e. The number of aliphatic imine (C=N–C) groups is 1. The summed E-state index contributed by atoms with van der Waals surface area (Å²) in [6.07, 6.45) is 2.26. The second kappa shape index (κ2) is 10.7. The summed E-state index contributed by atoms with van der Waals surface area (Å²) < 4.78 is 0. The van der Waals surface area contributed by atoms with Gasteiger partial charge in [0, 0.05) is 51.6 Å². The predicted octanol–water partition coefficient (Wildman–Crippen LogP) is 3.84. The van der Waals surface area contributed by atoms with Gasteiger partial charge in [-0.05, 0) is 36.3 Å². The van der Waals surface area contributed by atoms with E-state index in [1.165, 1.54) is 30.6 Å². The van der Waals surface area contributed by atoms with Crippen LogP contribution < -0.4 is 10.6 Å². The van der Waals surface area contributed by atoms with Gasteiger partial charge in [-0.3, -0.25) is 9.89 Å². The first-order valence-electron chi connectivity index (χ1n) is 10.7. The molecule has 158 valence electrons. The molecule has 1 aromatic carbocycles. The Bertz CT molecular complexity index is 790. The molecule has 0 saturated carbocycles. The average Bonchev–Trinajstić information content (AvgIpc) is 3.10. The summed E-state index contributed by atoms with van der Waals surface area (Å²) in [5, 5.41) is 10.1. The first-order valence-corrected chi connectivity index (χ1v) is 11.6. The van der Waals surface area contributed by atoms with Gasteiger partial charge in [-0.2, -0.15) is 0 Å². The van der Waals surface area contributed by atoms with Crippen LogP contribution in [-0.2, 0) is 19.5 Å². The SMILES string of the molecule is CN=C(NCCc1csc(C)n1)NCc1ccccc1CN1CC(C)CC(C)C1. The second-order valence-electron chi connectivity index (χ2n) is 8.37. The fourth-order valence-electron chi connectivity index (χ4n) is 4.28. The highest BCUT2D eigenvalue weighted by Gasteiger charge is 2.22. The molecule has 0 amide bonds. The van der Waals surface area contributed by atoms with Crippen LogP contribution in [0.15, 0.2) is 34.6 Å². The van der Waals surface area contributed by atoms with Crippen LogP contribution in [0.25, 0.3) is 0 Å². The molecule has 1 aliphatic heterocycles. The molecule has 6 heteroatoms. The van der Waals surface area contributed by atoms with Gasteiger partial charge in [0.2, 0.25) is 0 Å². The summed E-state index contributed by atoms with van der Waals surface area (Å²) in [4.78, 5) is 11.5. The summed E-state index contributed by atoms with van der Waals surface area (Å²) >= 11 is 1.70. The molecule has 2 unspecified atom stereocenters. The molecule has 1 fully saturated rings. The van der Waals surface area contributed by atoms with E-state index in [2.05, 4.69) is 69.0 Å². The van der Waals surface area contributed by atoms with Crippen molar-refractivity contribution in [2.75, 3.05) is 26.7 Å². The van der Waals surface area contributed by atoms with Gasteiger partial charge in [0.25, 0.3) is 0 Å². The molecule has 0 spiro atoms. The van der Waals surface area contributed by atoms with Crippen molar-refractivity contribution in [3.8, 4) is 0 Å². The van der Waals surface area contributed by atoms with Crippen molar-refractivity contribution in [1.29, 1.82) is 0 Å². The third kappa shape index (κ3) is 6.82. The summed E-state index contributed by atoms with van der Waals surface area (Å²) in [5.41, 5.74) is 3.90. The molecule has 0 radical (unpaired) electrons. The lowest BCUT2D eigenvalue weighted by Gasteiger charge is -2.35. The van der Waals surface area contributed by atoms with E-state index in [1.807, 2.05) is 14.0 Å². The number of likely N-dealkylation sites (tertiary alicyclic amines) is 1. The molecule has 29 heavy (non-hydrogen) atoms. The van der Waals surface area contributed by atoms with Crippen LogP contribution in [0.1, 0.15) is 42.1 Å². The zero-order valence-electron chi connectivity index (χ0n) is 18.2. The molecule has 0 aliphatic carbocycles. The van der Waals surface area contributed by atoms with Gasteiger partial charge in [-0.15, -0.1) is 11.3 Å². The topological polar surface area (TPSA) is 52.6 Å². The Kier molecular flexibility index (Phi) is 8.07. The Hall–Kier alpha value is -1.92. The molecule has 2 atom stereocenters. The fraction of sp³-hybridized carbons (Fsp3) is 0.565. The summed E-state index contributed by atoms with van der Waals surface area (Å²) in [5.74, 6) is 2.41. The normalized spacial score (nSPS) is 20.6. The van der Waals surface area contributed by atoms with Crippen molar-refractivity contribution in [1.82, 2.24) is 20.5 Å². The van der Waals surface area contributed by atoms with Crippen molar-refractivity contribution < 1.29 is 0 Å². The Morgan fingerprint density at radius 2 is 1.90 bits per heavy atom. The van der Waals surface area contributed by atoms with Crippen LogP contribution in [0, 0.1) is 18.8 Å². The van der Waals surface area contributed by atoms with Crippen LogP contribution in [0.2, 0.25) is 0 Å². The largest absolute Gasteiger partial charge is 0.356 e. The lowest BCUT2D eigenvalue weighted by atomic mass is 9.91. The van der Waals surface area contributed by atoms with E-state index in [9.17, 15) is 0 Å². The van der Waals surface area contributed by atoms with Gasteiger partial charge in [-0.1, -0.05) is 38.1 Å². The number of benzene rings is 1. The number of nitrogens with one attached hydrogen (secondary N) is 2. The van der Waals surface area contributed by atoms with E-state index in [0.717, 1.165) is 54.6 Å². The zero-order valence-corrected chi connectivity index (χ0v) is 19.1. The number of hydrogen-bond acceptors (Lipinski definition) is 4. The maximum absolute atomic E-state index is 4.52. The second-order valence-corrected chi connectivity index (χ2v) is 9.43. The third-order valence-corrected chi connectivity index (χ3v) is 6.29. The zero-order chi connectivity index (χ0) is 20.6. The van der Waals surface area contributed by atoms with Crippen LogP contribution in [0.5, 0.6) is 0 Å². The van der Waals surface area contributed by atoms with Crippen LogP contribution in [0.3, 0.4) is 0 Å². The summed E-state index contributed by atoms with van der Waals surface area (Å²) in [6.45, 7) is 11.8. The molecule has 3 rings (SSSR count). The Balaban J connectivity index is 1.51. The standard InChI is InChI=1S/C23H35N5S/c1-17-11-18(2)14-28(13-17)15-21-8-6-5-7-20(21)12-26-23(24-4)25-10-9-22-16-29-19(3)27-22/h5-8,16-18H,9-15H2,1-4H3,(H2,24,25,26). The average molecular weight is 414 g/mol. The molecule has 1 aromatic heterocycles. The lowest BCUT2D eigenvalue weighted by Crippen LogP contribution is -2.39. The number of aromatic nitrogens is 1. The van der Waals surface area contributed by atoms with Crippen molar-refractivity contribution in [3.05, 3.63) is 51.5 Å². The Morgan fingerprint density at radius 3 is 2.55 bits per heavy atom. The van der Waals surface area contributed by atoms with E-state index in [1.54, 1.807) is 11.3 Å². The van der Waals surface area contributed by atoms with E-state index in [-0.39, 0.29) is 0 Å². The Labute approximate surface area is 179 Å². The smallest absolute Gasteiger partial charge is 0.191 e. The predicted molar refractivity (Wildman–Crippen MR) is 123 cm³/mol. The summed E-state index contributed by atoms with van der Waals surface area (Å²) in [6, 6.07) is 8.77. The minimum atomic E-state index is 0.782. The molecule has 2 aromatic rings. The number of guanidine groups is 1. The van der Waals surface area contributed by atoms with Crippen LogP contribution in [-0.4, -0.2) is 42.5 Å². The molecule has 1 saturated heterocycles. The van der Waals surface area contributed by atoms with Gasteiger partial charge >= 0.3 is 0 Å². The van der Waals surface area contributed by atoms with Gasteiger partial charge in [-0.25, -0.2) is 4.98 Å². The number of nitrogens with zero attached hydrogens (tertiary/aromatic N) is 3. The Morgan fingerprint density at radius 1 is 1.17 bits per heavy atom. The maximum atomic E-state index is 4.52. The monoisotopic (exact) mass is 413 g/mol. The van der Waals surface area contributed by atoms with Crippen LogP contribution >= 0.6 is 11.3 Å². The molecule has 1 aliphatic rings. The number of aryl methyl sites for hydroxylation is 1. The highest BCUT2D eigenvalue weighted by atomic mass is 32.1. The van der Waals surface area contributed by atoms with Crippen molar-refractivity contribution in [3.63, 3.8) is 0 Å². The van der Waals surface area contributed by atoms with Crippen LogP contribution in [0.4, 0.5) is 0 Å². The first-order chi connectivity index (χ1) is 14.0. The van der Waals surface area contributed by atoms with Crippen molar-refractivity contribution in [2.45, 2.75) is 46.7 Å². The number of thiazole rings is 1. The molecule has 2 N–H and O–H groups in total. The molecular weight excluding hydrogens is 378 g/mol. The lowest BCUT2D eigenvalue weighted by molar-refractivity contribution is 0.134.